The molecule has 0 N–H and O–H groups in total. The molecule has 0 aliphatic heterocycles. The van der Waals surface area contributed by atoms with Gasteiger partial charge in [0.15, 0.2) is 0 Å². The second kappa shape index (κ2) is 12.2. The van der Waals surface area contributed by atoms with Crippen molar-refractivity contribution in [3.05, 3.63) is 0 Å². The Labute approximate surface area is 134 Å². The van der Waals surface area contributed by atoms with Gasteiger partial charge in [0.2, 0.25) is 0 Å². The third kappa shape index (κ3) is 12.0. The maximum atomic E-state index is 11.0. The normalized spacial score (nSPS) is 16.2. The maximum absolute atomic E-state index is 11.0. The van der Waals surface area contributed by atoms with Gasteiger partial charge in [-0.05, 0) is 30.1 Å². The van der Waals surface area contributed by atoms with Crippen molar-refractivity contribution in [2.75, 3.05) is 0 Å². The van der Waals surface area contributed by atoms with Crippen molar-refractivity contribution in [2.24, 2.45) is 29.6 Å². The lowest BCUT2D eigenvalue weighted by molar-refractivity contribution is -0.112. The molecular formula is C20H40O. The Bertz CT molecular complexity index is 244. The van der Waals surface area contributed by atoms with Gasteiger partial charge in [0.1, 0.15) is 6.29 Å². The lowest BCUT2D eigenvalue weighted by atomic mass is 9.87. The van der Waals surface area contributed by atoms with Gasteiger partial charge < -0.3 is 4.79 Å². The van der Waals surface area contributed by atoms with Crippen LogP contribution in [0.5, 0.6) is 0 Å². The third-order valence-corrected chi connectivity index (χ3v) is 4.90. The van der Waals surface area contributed by atoms with E-state index in [4.69, 9.17) is 0 Å². The zero-order valence-electron chi connectivity index (χ0n) is 15.5. The monoisotopic (exact) mass is 296 g/mol. The second-order valence-electron chi connectivity index (χ2n) is 8.09. The van der Waals surface area contributed by atoms with Crippen molar-refractivity contribution >= 4 is 6.29 Å². The van der Waals surface area contributed by atoms with Gasteiger partial charge in [-0.15, -0.1) is 0 Å². The van der Waals surface area contributed by atoms with E-state index in [0.29, 0.717) is 5.92 Å². The van der Waals surface area contributed by atoms with Gasteiger partial charge in [0.25, 0.3) is 0 Å². The predicted octanol–water partition coefficient (Wildman–Crippen LogP) is 6.51. The predicted molar refractivity (Wildman–Crippen MR) is 94.5 cm³/mol. The molecule has 0 saturated heterocycles. The largest absolute Gasteiger partial charge is 0.303 e. The fourth-order valence-corrected chi connectivity index (χ4v) is 3.01. The van der Waals surface area contributed by atoms with E-state index >= 15 is 0 Å². The van der Waals surface area contributed by atoms with Crippen LogP contribution in [0.4, 0.5) is 0 Å². The van der Waals surface area contributed by atoms with E-state index in [1.165, 1.54) is 44.9 Å². The number of hydrogen-bond acceptors (Lipinski definition) is 1. The highest BCUT2D eigenvalue weighted by Crippen LogP contribution is 2.23. The van der Waals surface area contributed by atoms with Crippen LogP contribution in [-0.2, 0) is 4.79 Å². The summed E-state index contributed by atoms with van der Waals surface area (Å²) in [6.07, 6.45) is 11.7. The number of rotatable bonds is 13. The Balaban J connectivity index is 3.64. The van der Waals surface area contributed by atoms with Crippen LogP contribution in [0.1, 0.15) is 92.9 Å². The number of carbonyl (C=O) groups excluding carboxylic acids is 1. The molecule has 0 saturated carbocycles. The third-order valence-electron chi connectivity index (χ3n) is 4.90. The van der Waals surface area contributed by atoms with Gasteiger partial charge in [0.05, 0.1) is 0 Å². The van der Waals surface area contributed by atoms with Gasteiger partial charge in [-0.3, -0.25) is 0 Å². The Hall–Kier alpha value is -0.330. The van der Waals surface area contributed by atoms with Crippen molar-refractivity contribution in [1.29, 1.82) is 0 Å². The molecule has 0 heterocycles. The van der Waals surface area contributed by atoms with Crippen LogP contribution >= 0.6 is 0 Å². The molecule has 126 valence electrons. The molecule has 0 aromatic carbocycles. The second-order valence-corrected chi connectivity index (χ2v) is 8.09. The highest BCUT2D eigenvalue weighted by atomic mass is 16.1. The van der Waals surface area contributed by atoms with Crippen molar-refractivity contribution in [2.45, 2.75) is 92.9 Å². The highest BCUT2D eigenvalue weighted by Gasteiger charge is 2.14. The number of carbonyl (C=O) groups is 1. The molecule has 0 spiro atoms. The summed E-state index contributed by atoms with van der Waals surface area (Å²) in [7, 11) is 0. The molecule has 0 amide bonds. The fraction of sp³-hybridized carbons (Fsp3) is 0.950. The summed E-state index contributed by atoms with van der Waals surface area (Å²) in [5.74, 6) is 3.27. The lowest BCUT2D eigenvalue weighted by Crippen LogP contribution is -2.11. The Morgan fingerprint density at radius 1 is 0.667 bits per heavy atom. The van der Waals surface area contributed by atoms with Crippen LogP contribution < -0.4 is 0 Å². The lowest BCUT2D eigenvalue weighted by Gasteiger charge is -2.18. The molecule has 0 bridgehead atoms. The summed E-state index contributed by atoms with van der Waals surface area (Å²) in [5.41, 5.74) is 0. The number of aldehydes is 1. The topological polar surface area (TPSA) is 17.1 Å². The van der Waals surface area contributed by atoms with Gasteiger partial charge in [-0.2, -0.15) is 0 Å². The molecule has 0 radical (unpaired) electrons. The van der Waals surface area contributed by atoms with E-state index < -0.39 is 0 Å². The summed E-state index contributed by atoms with van der Waals surface area (Å²) >= 11 is 0. The van der Waals surface area contributed by atoms with Crippen LogP contribution in [0.25, 0.3) is 0 Å². The first-order valence-corrected chi connectivity index (χ1v) is 9.32. The molecule has 1 nitrogen and oxygen atoms in total. The van der Waals surface area contributed by atoms with Gasteiger partial charge in [-0.25, -0.2) is 0 Å². The first-order valence-electron chi connectivity index (χ1n) is 9.32. The molecule has 0 rings (SSSR count). The standard InChI is InChI=1S/C20H40O/c1-16(2)9-7-10-18(5)11-8-12-19(6)13-14-20(15-21)17(3)4/h15-20H,7-14H2,1-6H3. The van der Waals surface area contributed by atoms with Gasteiger partial charge >= 0.3 is 0 Å². The molecule has 21 heavy (non-hydrogen) atoms. The van der Waals surface area contributed by atoms with Crippen molar-refractivity contribution < 1.29 is 4.79 Å². The minimum absolute atomic E-state index is 0.266. The molecule has 0 aliphatic carbocycles. The minimum atomic E-state index is 0.266. The van der Waals surface area contributed by atoms with Crippen molar-refractivity contribution in [1.82, 2.24) is 0 Å². The molecule has 0 aliphatic rings. The quantitative estimate of drug-likeness (QED) is 0.354. The van der Waals surface area contributed by atoms with Gasteiger partial charge in [0, 0.05) is 5.92 Å². The van der Waals surface area contributed by atoms with E-state index in [2.05, 4.69) is 41.5 Å². The maximum Gasteiger partial charge on any atom is 0.123 e. The first-order chi connectivity index (χ1) is 9.86. The number of hydrogen-bond donors (Lipinski definition) is 0. The molecule has 0 fully saturated rings. The average molecular weight is 297 g/mol. The zero-order chi connectivity index (χ0) is 16.3. The summed E-state index contributed by atoms with van der Waals surface area (Å²) < 4.78 is 0. The van der Waals surface area contributed by atoms with Gasteiger partial charge in [-0.1, -0.05) is 86.5 Å². The first kappa shape index (κ1) is 20.7. The van der Waals surface area contributed by atoms with Crippen LogP contribution in [0.2, 0.25) is 0 Å². The molecule has 3 atom stereocenters. The van der Waals surface area contributed by atoms with E-state index in [1.54, 1.807) is 0 Å². The Morgan fingerprint density at radius 2 is 1.14 bits per heavy atom. The highest BCUT2D eigenvalue weighted by molar-refractivity contribution is 5.53. The zero-order valence-corrected chi connectivity index (χ0v) is 15.5. The molecule has 0 aromatic heterocycles. The van der Waals surface area contributed by atoms with E-state index in [1.807, 2.05) is 0 Å². The molecule has 0 aromatic rings. The average Bonchev–Trinajstić information content (AvgIpc) is 2.38. The van der Waals surface area contributed by atoms with E-state index in [9.17, 15) is 4.79 Å². The van der Waals surface area contributed by atoms with Crippen LogP contribution in [0.15, 0.2) is 0 Å². The Kier molecular flexibility index (Phi) is 12.0. The summed E-state index contributed by atoms with van der Waals surface area (Å²) in [6.45, 7) is 13.7. The van der Waals surface area contributed by atoms with Crippen LogP contribution in [-0.4, -0.2) is 6.29 Å². The minimum Gasteiger partial charge on any atom is -0.303 e. The van der Waals surface area contributed by atoms with E-state index in [0.717, 1.165) is 30.5 Å². The Morgan fingerprint density at radius 3 is 1.57 bits per heavy atom. The van der Waals surface area contributed by atoms with E-state index in [-0.39, 0.29) is 5.92 Å². The van der Waals surface area contributed by atoms with Crippen LogP contribution in [0.3, 0.4) is 0 Å². The summed E-state index contributed by atoms with van der Waals surface area (Å²) in [6, 6.07) is 0. The smallest absolute Gasteiger partial charge is 0.123 e. The fourth-order valence-electron chi connectivity index (χ4n) is 3.01. The molecule has 1 heteroatoms. The summed E-state index contributed by atoms with van der Waals surface area (Å²) in [5, 5.41) is 0. The van der Waals surface area contributed by atoms with Crippen molar-refractivity contribution in [3.63, 3.8) is 0 Å². The molecule has 3 unspecified atom stereocenters. The van der Waals surface area contributed by atoms with Crippen molar-refractivity contribution in [3.8, 4) is 0 Å². The molecular weight excluding hydrogens is 256 g/mol. The van der Waals surface area contributed by atoms with Crippen LogP contribution in [0, 0.1) is 29.6 Å². The summed E-state index contributed by atoms with van der Waals surface area (Å²) in [4.78, 5) is 11.0. The SMILES string of the molecule is CC(C)CCCC(C)CCCC(C)CCC(C=O)C(C)C.